The Balaban J connectivity index is 1.81. The molecule has 0 bridgehead atoms. The van der Waals surface area contributed by atoms with Gasteiger partial charge in [0.25, 0.3) is 0 Å². The van der Waals surface area contributed by atoms with Gasteiger partial charge in [-0.15, -0.1) is 0 Å². The molecular weight excluding hydrogens is 388 g/mol. The highest BCUT2D eigenvalue weighted by molar-refractivity contribution is 6.09. The maximum absolute atomic E-state index is 5.79. The number of benzene rings is 3. The molecule has 0 aliphatic carbocycles. The van der Waals surface area contributed by atoms with Gasteiger partial charge in [-0.3, -0.25) is 0 Å². The van der Waals surface area contributed by atoms with E-state index in [1.54, 1.807) is 14.2 Å². The molecule has 0 saturated carbocycles. The Bertz CT molecular complexity index is 1260. The number of ether oxygens (including phenoxy) is 3. The molecule has 0 saturated heterocycles. The van der Waals surface area contributed by atoms with Gasteiger partial charge in [-0.25, -0.2) is 4.98 Å². The van der Waals surface area contributed by atoms with Gasteiger partial charge >= 0.3 is 0 Å². The van der Waals surface area contributed by atoms with E-state index in [4.69, 9.17) is 19.2 Å². The van der Waals surface area contributed by atoms with Crippen LogP contribution in [-0.4, -0.2) is 32.4 Å². The van der Waals surface area contributed by atoms with E-state index >= 15 is 0 Å². The average Bonchev–Trinajstić information content (AvgIpc) is 2.83. The van der Waals surface area contributed by atoms with Gasteiger partial charge in [0, 0.05) is 17.5 Å². The molecule has 1 aliphatic heterocycles. The molecule has 5 heteroatoms. The largest absolute Gasteiger partial charge is 0.493 e. The summed E-state index contributed by atoms with van der Waals surface area (Å²) in [4.78, 5) is 5.14. The molecule has 1 aliphatic rings. The molecule has 158 valence electrons. The van der Waals surface area contributed by atoms with E-state index in [0.717, 1.165) is 36.3 Å². The van der Waals surface area contributed by atoms with Crippen molar-refractivity contribution in [3.05, 3.63) is 59.7 Å². The second-order valence-electron chi connectivity index (χ2n) is 7.67. The third-order valence-electron chi connectivity index (χ3n) is 5.97. The van der Waals surface area contributed by atoms with Crippen LogP contribution in [0.5, 0.6) is 17.2 Å². The summed E-state index contributed by atoms with van der Waals surface area (Å²) >= 11 is 0. The highest BCUT2D eigenvalue weighted by Gasteiger charge is 2.23. The van der Waals surface area contributed by atoms with Crippen LogP contribution in [0, 0.1) is 0 Å². The maximum Gasteiger partial charge on any atom is 0.203 e. The molecule has 4 aromatic rings. The van der Waals surface area contributed by atoms with E-state index in [1.165, 1.54) is 27.3 Å². The zero-order valence-corrected chi connectivity index (χ0v) is 18.1. The van der Waals surface area contributed by atoms with E-state index in [-0.39, 0.29) is 0 Å². The fourth-order valence-corrected chi connectivity index (χ4v) is 4.59. The fourth-order valence-electron chi connectivity index (χ4n) is 4.59. The molecule has 1 N–H and O–H groups in total. The van der Waals surface area contributed by atoms with Gasteiger partial charge in [-0.2, -0.15) is 0 Å². The van der Waals surface area contributed by atoms with Crippen molar-refractivity contribution in [3.63, 3.8) is 0 Å². The number of hydrogen-bond donors (Lipinski definition) is 1. The lowest BCUT2D eigenvalue weighted by molar-refractivity contribution is 0.288. The maximum atomic E-state index is 5.79. The van der Waals surface area contributed by atoms with Crippen LogP contribution in [0.15, 0.2) is 48.5 Å². The van der Waals surface area contributed by atoms with Crippen LogP contribution in [-0.2, 0) is 13.0 Å². The monoisotopic (exact) mass is 414 g/mol. The summed E-state index contributed by atoms with van der Waals surface area (Å²) in [6.45, 7) is 4.23. The third-order valence-corrected chi connectivity index (χ3v) is 5.97. The molecule has 0 atom stereocenters. The molecule has 0 spiro atoms. The summed E-state index contributed by atoms with van der Waals surface area (Å²) < 4.78 is 17.1. The molecule has 5 nitrogen and oxygen atoms in total. The third kappa shape index (κ3) is 3.26. The van der Waals surface area contributed by atoms with Crippen molar-refractivity contribution in [2.24, 2.45) is 0 Å². The van der Waals surface area contributed by atoms with E-state index in [9.17, 15) is 0 Å². The zero-order valence-electron chi connectivity index (χ0n) is 18.1. The van der Waals surface area contributed by atoms with Crippen LogP contribution >= 0.6 is 0 Å². The van der Waals surface area contributed by atoms with Gasteiger partial charge in [-0.05, 0) is 60.0 Å². The van der Waals surface area contributed by atoms with Crippen molar-refractivity contribution in [3.8, 4) is 28.5 Å². The average molecular weight is 415 g/mol. The summed E-state index contributed by atoms with van der Waals surface area (Å²) in [6, 6.07) is 16.8. The molecule has 1 aromatic heterocycles. The Labute approximate surface area is 182 Å². The normalized spacial score (nSPS) is 13.3. The summed E-state index contributed by atoms with van der Waals surface area (Å²) in [5, 5.41) is 7.30. The fraction of sp³-hybridized carbons (Fsp3) is 0.269. The van der Waals surface area contributed by atoms with Crippen LogP contribution in [0.2, 0.25) is 0 Å². The highest BCUT2D eigenvalue weighted by atomic mass is 16.5. The van der Waals surface area contributed by atoms with Crippen LogP contribution < -0.4 is 19.5 Å². The standard InChI is InChI=1S/C26H26N2O3/c1-4-31-26-22(29-2)13-17(14-23(26)30-3)25-20-15-27-12-11-19(20)24-18-8-6-5-7-16(18)9-10-21(24)28-25/h5-10,13-14,27H,4,11-12,15H2,1-3H3. The Hall–Kier alpha value is -3.31. The Kier molecular flexibility index (Phi) is 5.12. The number of rotatable bonds is 5. The molecule has 0 unspecified atom stereocenters. The minimum absolute atomic E-state index is 0.534. The molecule has 31 heavy (non-hydrogen) atoms. The number of nitrogens with zero attached hydrogens (tertiary/aromatic N) is 1. The minimum atomic E-state index is 0.534. The van der Waals surface area contributed by atoms with E-state index < -0.39 is 0 Å². The topological polar surface area (TPSA) is 52.6 Å². The van der Waals surface area contributed by atoms with Crippen molar-refractivity contribution < 1.29 is 14.2 Å². The van der Waals surface area contributed by atoms with Gasteiger partial charge in [0.15, 0.2) is 11.5 Å². The van der Waals surface area contributed by atoms with E-state index in [1.807, 2.05) is 19.1 Å². The van der Waals surface area contributed by atoms with Crippen molar-refractivity contribution in [1.82, 2.24) is 10.3 Å². The van der Waals surface area contributed by atoms with Crippen molar-refractivity contribution in [1.29, 1.82) is 0 Å². The SMILES string of the molecule is CCOc1c(OC)cc(-c2nc3ccc4ccccc4c3c3c2CNCC3)cc1OC. The minimum Gasteiger partial charge on any atom is -0.493 e. The second-order valence-corrected chi connectivity index (χ2v) is 7.67. The van der Waals surface area contributed by atoms with Crippen LogP contribution in [0.25, 0.3) is 32.9 Å². The van der Waals surface area contributed by atoms with Crippen LogP contribution in [0.3, 0.4) is 0 Å². The van der Waals surface area contributed by atoms with Gasteiger partial charge in [0.05, 0.1) is 32.0 Å². The number of fused-ring (bicyclic) bond motifs is 5. The molecule has 5 rings (SSSR count). The quantitative estimate of drug-likeness (QED) is 0.460. The number of methoxy groups -OCH3 is 2. The number of pyridine rings is 1. The molecular formula is C26H26N2O3. The van der Waals surface area contributed by atoms with Crippen molar-refractivity contribution in [2.75, 3.05) is 27.4 Å². The summed E-state index contributed by atoms with van der Waals surface area (Å²) in [5.74, 6) is 1.92. The lowest BCUT2D eigenvalue weighted by Gasteiger charge is -2.24. The molecule has 0 radical (unpaired) electrons. The van der Waals surface area contributed by atoms with Crippen LogP contribution in [0.1, 0.15) is 18.1 Å². The molecule has 0 amide bonds. The van der Waals surface area contributed by atoms with E-state index in [2.05, 4.69) is 41.7 Å². The summed E-state index contributed by atoms with van der Waals surface area (Å²) in [7, 11) is 3.30. The number of nitrogens with one attached hydrogen (secondary N) is 1. The van der Waals surface area contributed by atoms with Crippen molar-refractivity contribution in [2.45, 2.75) is 19.9 Å². The van der Waals surface area contributed by atoms with Gasteiger partial charge < -0.3 is 19.5 Å². The number of aromatic nitrogens is 1. The highest BCUT2D eigenvalue weighted by Crippen LogP contribution is 2.43. The van der Waals surface area contributed by atoms with Gasteiger partial charge in [0.2, 0.25) is 5.75 Å². The predicted molar refractivity (Wildman–Crippen MR) is 124 cm³/mol. The van der Waals surface area contributed by atoms with E-state index in [0.29, 0.717) is 23.9 Å². The lowest BCUT2D eigenvalue weighted by Crippen LogP contribution is -2.25. The van der Waals surface area contributed by atoms with Gasteiger partial charge in [-0.1, -0.05) is 30.3 Å². The van der Waals surface area contributed by atoms with Gasteiger partial charge in [0.1, 0.15) is 0 Å². The Morgan fingerprint density at radius 2 is 1.74 bits per heavy atom. The smallest absolute Gasteiger partial charge is 0.203 e. The molecule has 2 heterocycles. The van der Waals surface area contributed by atoms with Crippen molar-refractivity contribution >= 4 is 21.7 Å². The second kappa shape index (κ2) is 8.08. The molecule has 0 fully saturated rings. The number of hydrogen-bond acceptors (Lipinski definition) is 5. The first kappa shape index (κ1) is 19.6. The zero-order chi connectivity index (χ0) is 21.4. The summed E-state index contributed by atoms with van der Waals surface area (Å²) in [6.07, 6.45) is 0.973. The lowest BCUT2D eigenvalue weighted by atomic mass is 9.90. The first-order chi connectivity index (χ1) is 15.2. The van der Waals surface area contributed by atoms with Crippen LogP contribution in [0.4, 0.5) is 0 Å². The summed E-state index contributed by atoms with van der Waals surface area (Å²) in [5.41, 5.74) is 5.56. The Morgan fingerprint density at radius 1 is 0.968 bits per heavy atom. The first-order valence-corrected chi connectivity index (χ1v) is 10.7. The predicted octanol–water partition coefficient (Wildman–Crippen LogP) is 5.12. The first-order valence-electron chi connectivity index (χ1n) is 10.7. The Morgan fingerprint density at radius 3 is 2.48 bits per heavy atom. The molecule has 3 aromatic carbocycles.